The number of aliphatic hydroxyl groups excluding tert-OH is 1. The Bertz CT molecular complexity index is 333. The third-order valence-corrected chi connectivity index (χ3v) is 3.41. The van der Waals surface area contributed by atoms with Crippen molar-refractivity contribution in [2.45, 2.75) is 31.8 Å². The molecule has 0 radical (unpaired) electrons. The molecule has 17 heavy (non-hydrogen) atoms. The standard InChI is InChI=1S/C14H20FNO/c15-13-7-5-12(6-8-13)14(17)4-3-11-16-9-1-2-10-16/h5-8,14,17H,1-4,9-11H2/t14-/m0/s1. The van der Waals surface area contributed by atoms with Crippen molar-refractivity contribution in [1.82, 2.24) is 4.90 Å². The zero-order chi connectivity index (χ0) is 12.1. The number of hydrogen-bond acceptors (Lipinski definition) is 2. The first kappa shape index (κ1) is 12.5. The number of hydrogen-bond donors (Lipinski definition) is 1. The van der Waals surface area contributed by atoms with Crippen LogP contribution >= 0.6 is 0 Å². The molecule has 1 aliphatic rings. The molecule has 2 nitrogen and oxygen atoms in total. The molecule has 0 amide bonds. The summed E-state index contributed by atoms with van der Waals surface area (Å²) < 4.78 is 12.7. The van der Waals surface area contributed by atoms with Crippen LogP contribution in [-0.2, 0) is 0 Å². The first-order valence-corrected chi connectivity index (χ1v) is 6.41. The maximum atomic E-state index is 12.7. The molecule has 1 N–H and O–H groups in total. The van der Waals surface area contributed by atoms with Gasteiger partial charge in [-0.05, 0) is 63.0 Å². The van der Waals surface area contributed by atoms with Gasteiger partial charge in [0.2, 0.25) is 0 Å². The Morgan fingerprint density at radius 3 is 2.47 bits per heavy atom. The van der Waals surface area contributed by atoms with Gasteiger partial charge in [-0.25, -0.2) is 4.39 Å². The monoisotopic (exact) mass is 237 g/mol. The Labute approximate surface area is 102 Å². The average Bonchev–Trinajstić information content (AvgIpc) is 2.83. The second-order valence-corrected chi connectivity index (χ2v) is 4.76. The maximum absolute atomic E-state index is 12.7. The van der Waals surface area contributed by atoms with Crippen LogP contribution in [0.5, 0.6) is 0 Å². The molecule has 0 unspecified atom stereocenters. The lowest BCUT2D eigenvalue weighted by atomic mass is 10.0. The van der Waals surface area contributed by atoms with Crippen LogP contribution in [-0.4, -0.2) is 29.6 Å². The Hall–Kier alpha value is -0.930. The van der Waals surface area contributed by atoms with Crippen LogP contribution < -0.4 is 0 Å². The molecule has 1 saturated heterocycles. The summed E-state index contributed by atoms with van der Waals surface area (Å²) in [5.41, 5.74) is 0.813. The van der Waals surface area contributed by atoms with Gasteiger partial charge in [0.05, 0.1) is 6.10 Å². The van der Waals surface area contributed by atoms with Crippen LogP contribution in [0.1, 0.15) is 37.4 Å². The number of nitrogens with zero attached hydrogens (tertiary/aromatic N) is 1. The largest absolute Gasteiger partial charge is 0.388 e. The van der Waals surface area contributed by atoms with Gasteiger partial charge in [0.25, 0.3) is 0 Å². The third kappa shape index (κ3) is 3.79. The van der Waals surface area contributed by atoms with E-state index < -0.39 is 6.10 Å². The molecule has 1 fully saturated rings. The Morgan fingerprint density at radius 1 is 1.18 bits per heavy atom. The zero-order valence-corrected chi connectivity index (χ0v) is 10.1. The number of halogens is 1. The van der Waals surface area contributed by atoms with Crippen LogP contribution in [0.25, 0.3) is 0 Å². The van der Waals surface area contributed by atoms with Gasteiger partial charge in [0.1, 0.15) is 5.82 Å². The highest BCUT2D eigenvalue weighted by Crippen LogP contribution is 2.19. The van der Waals surface area contributed by atoms with Crippen LogP contribution in [0, 0.1) is 5.82 Å². The summed E-state index contributed by atoms with van der Waals surface area (Å²) in [6.45, 7) is 3.47. The summed E-state index contributed by atoms with van der Waals surface area (Å²) in [6, 6.07) is 6.13. The van der Waals surface area contributed by atoms with Gasteiger partial charge in [-0.3, -0.25) is 0 Å². The topological polar surface area (TPSA) is 23.5 Å². The van der Waals surface area contributed by atoms with E-state index >= 15 is 0 Å². The lowest BCUT2D eigenvalue weighted by molar-refractivity contribution is 0.158. The first-order valence-electron chi connectivity index (χ1n) is 6.41. The fourth-order valence-corrected chi connectivity index (χ4v) is 2.37. The minimum atomic E-state index is -0.460. The molecule has 94 valence electrons. The number of aliphatic hydroxyl groups is 1. The van der Waals surface area contributed by atoms with E-state index in [-0.39, 0.29) is 5.82 Å². The molecule has 3 heteroatoms. The van der Waals surface area contributed by atoms with Crippen molar-refractivity contribution in [2.75, 3.05) is 19.6 Å². The Kier molecular flexibility index (Phi) is 4.51. The van der Waals surface area contributed by atoms with Crippen molar-refractivity contribution in [3.05, 3.63) is 35.6 Å². The van der Waals surface area contributed by atoms with Crippen molar-refractivity contribution in [1.29, 1.82) is 0 Å². The van der Waals surface area contributed by atoms with Crippen molar-refractivity contribution in [3.63, 3.8) is 0 Å². The summed E-state index contributed by atoms with van der Waals surface area (Å²) >= 11 is 0. The second-order valence-electron chi connectivity index (χ2n) is 4.76. The summed E-state index contributed by atoms with van der Waals surface area (Å²) in [4.78, 5) is 2.44. The summed E-state index contributed by atoms with van der Waals surface area (Å²) in [5, 5.41) is 9.94. The summed E-state index contributed by atoms with van der Waals surface area (Å²) in [5.74, 6) is -0.252. The van der Waals surface area contributed by atoms with E-state index in [9.17, 15) is 9.50 Å². The van der Waals surface area contributed by atoms with Gasteiger partial charge in [-0.2, -0.15) is 0 Å². The summed E-state index contributed by atoms with van der Waals surface area (Å²) in [6.07, 6.45) is 3.90. The smallest absolute Gasteiger partial charge is 0.123 e. The lowest BCUT2D eigenvalue weighted by Crippen LogP contribution is -2.20. The molecular weight excluding hydrogens is 217 g/mol. The van der Waals surface area contributed by atoms with E-state index in [1.54, 1.807) is 12.1 Å². The molecule has 2 rings (SSSR count). The number of rotatable bonds is 5. The van der Waals surface area contributed by atoms with Crippen molar-refractivity contribution < 1.29 is 9.50 Å². The fraction of sp³-hybridized carbons (Fsp3) is 0.571. The molecule has 0 aliphatic carbocycles. The highest BCUT2D eigenvalue weighted by molar-refractivity contribution is 5.18. The van der Waals surface area contributed by atoms with Gasteiger partial charge in [-0.1, -0.05) is 12.1 Å². The third-order valence-electron chi connectivity index (χ3n) is 3.41. The lowest BCUT2D eigenvalue weighted by Gasteiger charge is -2.16. The maximum Gasteiger partial charge on any atom is 0.123 e. The molecule has 1 heterocycles. The predicted molar refractivity (Wildman–Crippen MR) is 66.3 cm³/mol. The zero-order valence-electron chi connectivity index (χ0n) is 10.1. The Balaban J connectivity index is 1.72. The fourth-order valence-electron chi connectivity index (χ4n) is 2.37. The van der Waals surface area contributed by atoms with E-state index in [0.717, 1.165) is 24.9 Å². The van der Waals surface area contributed by atoms with Crippen molar-refractivity contribution in [3.8, 4) is 0 Å². The SMILES string of the molecule is O[C@@H](CCCN1CCCC1)c1ccc(F)cc1. The molecule has 0 spiro atoms. The predicted octanol–water partition coefficient (Wildman–Crippen LogP) is 2.74. The van der Waals surface area contributed by atoms with E-state index in [2.05, 4.69) is 4.90 Å². The highest BCUT2D eigenvalue weighted by Gasteiger charge is 2.12. The van der Waals surface area contributed by atoms with E-state index in [0.29, 0.717) is 0 Å². The minimum Gasteiger partial charge on any atom is -0.388 e. The quantitative estimate of drug-likeness (QED) is 0.851. The van der Waals surface area contributed by atoms with E-state index in [1.807, 2.05) is 0 Å². The molecule has 0 aromatic heterocycles. The molecule has 1 atom stereocenters. The van der Waals surface area contributed by atoms with Crippen LogP contribution in [0.3, 0.4) is 0 Å². The molecule has 0 bridgehead atoms. The molecule has 1 aromatic carbocycles. The van der Waals surface area contributed by atoms with Gasteiger partial charge in [0, 0.05) is 0 Å². The molecule has 1 aliphatic heterocycles. The average molecular weight is 237 g/mol. The summed E-state index contributed by atoms with van der Waals surface area (Å²) in [7, 11) is 0. The number of benzene rings is 1. The number of likely N-dealkylation sites (tertiary alicyclic amines) is 1. The Morgan fingerprint density at radius 2 is 1.82 bits per heavy atom. The molecule has 1 aromatic rings. The van der Waals surface area contributed by atoms with Gasteiger partial charge < -0.3 is 10.0 Å². The van der Waals surface area contributed by atoms with E-state index in [1.165, 1.54) is 38.1 Å². The van der Waals surface area contributed by atoms with Gasteiger partial charge >= 0.3 is 0 Å². The van der Waals surface area contributed by atoms with Gasteiger partial charge in [-0.15, -0.1) is 0 Å². The van der Waals surface area contributed by atoms with Crippen molar-refractivity contribution >= 4 is 0 Å². The second kappa shape index (κ2) is 6.12. The van der Waals surface area contributed by atoms with Crippen LogP contribution in [0.4, 0.5) is 4.39 Å². The first-order chi connectivity index (χ1) is 8.25. The van der Waals surface area contributed by atoms with Gasteiger partial charge in [0.15, 0.2) is 0 Å². The van der Waals surface area contributed by atoms with E-state index in [4.69, 9.17) is 0 Å². The van der Waals surface area contributed by atoms with Crippen molar-refractivity contribution in [2.24, 2.45) is 0 Å². The van der Waals surface area contributed by atoms with Crippen LogP contribution in [0.15, 0.2) is 24.3 Å². The molecule has 0 saturated carbocycles. The molecular formula is C14H20FNO. The van der Waals surface area contributed by atoms with Crippen LogP contribution in [0.2, 0.25) is 0 Å². The normalized spacial score (nSPS) is 18.5. The minimum absolute atomic E-state index is 0.252. The highest BCUT2D eigenvalue weighted by atomic mass is 19.1.